The molecule has 1 aliphatic carbocycles. The molecular formula is C16H29N5O. The van der Waals surface area contributed by atoms with Crippen molar-refractivity contribution < 1.29 is 4.74 Å². The van der Waals surface area contributed by atoms with Crippen molar-refractivity contribution in [2.45, 2.75) is 26.3 Å². The van der Waals surface area contributed by atoms with Gasteiger partial charge in [0.25, 0.3) is 0 Å². The molecule has 0 amide bonds. The van der Waals surface area contributed by atoms with Gasteiger partial charge in [0.2, 0.25) is 0 Å². The number of likely N-dealkylation sites (N-methyl/N-ethyl adjacent to an activating group) is 1. The lowest BCUT2D eigenvalue weighted by Crippen LogP contribution is -2.42. The zero-order valence-electron chi connectivity index (χ0n) is 14.0. The molecule has 22 heavy (non-hydrogen) atoms. The molecule has 124 valence electrons. The van der Waals surface area contributed by atoms with Gasteiger partial charge in [0.15, 0.2) is 5.96 Å². The first-order chi connectivity index (χ1) is 10.7. The van der Waals surface area contributed by atoms with E-state index in [4.69, 9.17) is 4.74 Å². The first-order valence-corrected chi connectivity index (χ1v) is 8.16. The number of aliphatic imine (C=N–C) groups is 1. The van der Waals surface area contributed by atoms with E-state index in [1.165, 1.54) is 12.8 Å². The average Bonchev–Trinajstić information content (AvgIpc) is 3.20. The number of hydrogen-bond donors (Lipinski definition) is 1. The minimum absolute atomic E-state index is 0.483. The van der Waals surface area contributed by atoms with Crippen LogP contribution < -0.4 is 5.32 Å². The lowest BCUT2D eigenvalue weighted by molar-refractivity contribution is 0.115. The number of guanidine groups is 1. The molecule has 1 saturated carbocycles. The second-order valence-corrected chi connectivity index (χ2v) is 6.20. The Bertz CT molecular complexity index is 441. The number of nitrogens with zero attached hydrogens (tertiary/aromatic N) is 4. The fourth-order valence-electron chi connectivity index (χ4n) is 2.28. The number of aromatic nitrogens is 2. The summed E-state index contributed by atoms with van der Waals surface area (Å²) in [7, 11) is 3.87. The largest absolute Gasteiger partial charge is 0.379 e. The van der Waals surface area contributed by atoms with Crippen LogP contribution in [0, 0.1) is 11.8 Å². The highest BCUT2D eigenvalue weighted by Gasteiger charge is 2.21. The zero-order chi connectivity index (χ0) is 15.8. The van der Waals surface area contributed by atoms with Gasteiger partial charge in [-0.2, -0.15) is 5.10 Å². The molecule has 1 atom stereocenters. The van der Waals surface area contributed by atoms with Crippen LogP contribution in [-0.4, -0.2) is 61.0 Å². The third kappa shape index (κ3) is 6.05. The summed E-state index contributed by atoms with van der Waals surface area (Å²) in [5.41, 5.74) is 0. The van der Waals surface area contributed by atoms with Crippen molar-refractivity contribution in [3.05, 3.63) is 18.5 Å². The molecule has 2 rings (SSSR count). The second-order valence-electron chi connectivity index (χ2n) is 6.20. The first-order valence-electron chi connectivity index (χ1n) is 8.16. The monoisotopic (exact) mass is 307 g/mol. The van der Waals surface area contributed by atoms with Crippen molar-refractivity contribution in [1.29, 1.82) is 0 Å². The molecule has 0 bridgehead atoms. The summed E-state index contributed by atoms with van der Waals surface area (Å²) < 4.78 is 7.65. The van der Waals surface area contributed by atoms with Crippen LogP contribution in [0.2, 0.25) is 0 Å². The summed E-state index contributed by atoms with van der Waals surface area (Å²) in [5.74, 6) is 2.23. The fourth-order valence-corrected chi connectivity index (χ4v) is 2.28. The fraction of sp³-hybridized carbons (Fsp3) is 0.750. The van der Waals surface area contributed by atoms with Crippen LogP contribution in [0.4, 0.5) is 0 Å². The summed E-state index contributed by atoms with van der Waals surface area (Å²) in [6.45, 7) is 6.53. The van der Waals surface area contributed by atoms with Crippen molar-refractivity contribution in [3.8, 4) is 0 Å². The van der Waals surface area contributed by atoms with Crippen LogP contribution in [0.3, 0.4) is 0 Å². The maximum absolute atomic E-state index is 5.68. The van der Waals surface area contributed by atoms with E-state index in [1.807, 2.05) is 37.2 Å². The van der Waals surface area contributed by atoms with Crippen molar-refractivity contribution in [3.63, 3.8) is 0 Å². The van der Waals surface area contributed by atoms with Crippen LogP contribution >= 0.6 is 0 Å². The van der Waals surface area contributed by atoms with Gasteiger partial charge in [-0.1, -0.05) is 6.92 Å². The maximum Gasteiger partial charge on any atom is 0.193 e. The van der Waals surface area contributed by atoms with Gasteiger partial charge >= 0.3 is 0 Å². The second kappa shape index (κ2) is 8.78. The third-order valence-electron chi connectivity index (χ3n) is 3.86. The quantitative estimate of drug-likeness (QED) is 0.426. The normalized spacial score (nSPS) is 16.6. The summed E-state index contributed by atoms with van der Waals surface area (Å²) >= 11 is 0. The van der Waals surface area contributed by atoms with Crippen molar-refractivity contribution in [1.82, 2.24) is 20.0 Å². The standard InChI is InChI=1S/C16H29N5O/c1-14(12-21-8-4-7-19-21)11-18-16(17-2)20(3)9-10-22-13-15-5-6-15/h4,7-8,14-15H,5-6,9-13H2,1-3H3,(H,17,18). The van der Waals surface area contributed by atoms with Gasteiger partial charge < -0.3 is 15.0 Å². The molecule has 0 aliphatic heterocycles. The zero-order valence-corrected chi connectivity index (χ0v) is 14.0. The Kier molecular flexibility index (Phi) is 6.71. The van der Waals surface area contributed by atoms with Gasteiger partial charge in [0.1, 0.15) is 0 Å². The van der Waals surface area contributed by atoms with Crippen LogP contribution in [0.15, 0.2) is 23.5 Å². The molecule has 6 nitrogen and oxygen atoms in total. The number of ether oxygens (including phenoxy) is 1. The molecule has 1 unspecified atom stereocenters. The van der Waals surface area contributed by atoms with Crippen molar-refractivity contribution >= 4 is 5.96 Å². The summed E-state index contributed by atoms with van der Waals surface area (Å²) in [6.07, 6.45) is 6.49. The van der Waals surface area contributed by atoms with Gasteiger partial charge in [0, 0.05) is 52.7 Å². The lowest BCUT2D eigenvalue weighted by Gasteiger charge is -2.23. The van der Waals surface area contributed by atoms with E-state index in [0.29, 0.717) is 5.92 Å². The summed E-state index contributed by atoms with van der Waals surface area (Å²) in [6, 6.07) is 1.95. The van der Waals surface area contributed by atoms with Crippen LogP contribution in [0.5, 0.6) is 0 Å². The van der Waals surface area contributed by atoms with E-state index in [9.17, 15) is 0 Å². The highest BCUT2D eigenvalue weighted by Crippen LogP contribution is 2.28. The highest BCUT2D eigenvalue weighted by atomic mass is 16.5. The Balaban J connectivity index is 1.62. The molecule has 1 heterocycles. The predicted molar refractivity (Wildman–Crippen MR) is 88.9 cm³/mol. The van der Waals surface area contributed by atoms with Gasteiger partial charge in [-0.15, -0.1) is 0 Å². The number of rotatable bonds is 9. The van der Waals surface area contributed by atoms with E-state index < -0.39 is 0 Å². The van der Waals surface area contributed by atoms with Gasteiger partial charge in [0.05, 0.1) is 6.61 Å². The van der Waals surface area contributed by atoms with Gasteiger partial charge in [-0.3, -0.25) is 9.67 Å². The minimum atomic E-state index is 0.483. The Morgan fingerprint density at radius 2 is 2.36 bits per heavy atom. The average molecular weight is 307 g/mol. The van der Waals surface area contributed by atoms with E-state index in [2.05, 4.69) is 27.2 Å². The maximum atomic E-state index is 5.68. The molecule has 1 aromatic rings. The van der Waals surface area contributed by atoms with Crippen molar-refractivity contribution in [2.75, 3.05) is 40.4 Å². The summed E-state index contributed by atoms with van der Waals surface area (Å²) in [5, 5.41) is 7.66. The predicted octanol–water partition coefficient (Wildman–Crippen LogP) is 1.45. The van der Waals surface area contributed by atoms with Gasteiger partial charge in [-0.05, 0) is 30.7 Å². The molecule has 6 heteroatoms. The minimum Gasteiger partial charge on any atom is -0.379 e. The number of hydrogen-bond acceptors (Lipinski definition) is 3. The van der Waals surface area contributed by atoms with Crippen LogP contribution in [-0.2, 0) is 11.3 Å². The first kappa shape index (κ1) is 16.8. The Morgan fingerprint density at radius 3 is 3.00 bits per heavy atom. The van der Waals surface area contributed by atoms with Crippen LogP contribution in [0.1, 0.15) is 19.8 Å². The van der Waals surface area contributed by atoms with Gasteiger partial charge in [-0.25, -0.2) is 0 Å². The third-order valence-corrected chi connectivity index (χ3v) is 3.86. The lowest BCUT2D eigenvalue weighted by atomic mass is 10.2. The molecule has 0 spiro atoms. The van der Waals surface area contributed by atoms with Crippen molar-refractivity contribution in [2.24, 2.45) is 16.8 Å². The molecular weight excluding hydrogens is 278 g/mol. The topological polar surface area (TPSA) is 54.7 Å². The van der Waals surface area contributed by atoms with E-state index in [1.54, 1.807) is 0 Å². The Hall–Kier alpha value is -1.56. The molecule has 1 aromatic heterocycles. The molecule has 0 radical (unpaired) electrons. The summed E-state index contributed by atoms with van der Waals surface area (Å²) in [4.78, 5) is 6.46. The molecule has 1 fully saturated rings. The highest BCUT2D eigenvalue weighted by molar-refractivity contribution is 5.79. The molecule has 1 aliphatic rings. The molecule has 0 saturated heterocycles. The molecule has 1 N–H and O–H groups in total. The Labute approximate surface area is 133 Å². The van der Waals surface area contributed by atoms with Crippen LogP contribution in [0.25, 0.3) is 0 Å². The van der Waals surface area contributed by atoms with E-state index in [-0.39, 0.29) is 0 Å². The number of nitrogens with one attached hydrogen (secondary N) is 1. The SMILES string of the molecule is CN=C(NCC(C)Cn1cccn1)N(C)CCOCC1CC1. The molecule has 0 aromatic carbocycles. The smallest absolute Gasteiger partial charge is 0.193 e. The Morgan fingerprint density at radius 1 is 1.55 bits per heavy atom. The van der Waals surface area contributed by atoms with E-state index in [0.717, 1.165) is 44.7 Å². The van der Waals surface area contributed by atoms with E-state index >= 15 is 0 Å².